The van der Waals surface area contributed by atoms with Crippen LogP contribution >= 0.6 is 0 Å². The molecular formula is C23H28N6O2. The first kappa shape index (κ1) is 19.8. The van der Waals surface area contributed by atoms with E-state index in [1.54, 1.807) is 12.4 Å². The van der Waals surface area contributed by atoms with Crippen molar-refractivity contribution in [3.05, 3.63) is 48.0 Å². The van der Waals surface area contributed by atoms with Gasteiger partial charge in [0.25, 0.3) is 5.91 Å². The number of piperazine rings is 1. The minimum Gasteiger partial charge on any atom is -0.493 e. The number of nitrogens with one attached hydrogen (secondary N) is 1. The molecule has 0 aliphatic carbocycles. The third kappa shape index (κ3) is 3.95. The lowest BCUT2D eigenvalue weighted by molar-refractivity contribution is 0.102. The number of carbonyl (C=O) groups is 1. The van der Waals surface area contributed by atoms with Gasteiger partial charge in [-0.3, -0.25) is 9.69 Å². The van der Waals surface area contributed by atoms with Gasteiger partial charge in [0.1, 0.15) is 11.6 Å². The van der Waals surface area contributed by atoms with Crippen LogP contribution in [0, 0.1) is 6.92 Å². The minimum atomic E-state index is -0.237. The monoisotopic (exact) mass is 420 g/mol. The van der Waals surface area contributed by atoms with E-state index < -0.39 is 0 Å². The Bertz CT molecular complexity index is 1110. The number of aryl methyl sites for hydroxylation is 1. The van der Waals surface area contributed by atoms with Crippen LogP contribution in [0.5, 0.6) is 5.75 Å². The number of imidazole rings is 1. The Morgan fingerprint density at radius 3 is 3.03 bits per heavy atom. The van der Waals surface area contributed by atoms with E-state index in [1.165, 1.54) is 19.4 Å². The van der Waals surface area contributed by atoms with Crippen LogP contribution in [0.2, 0.25) is 0 Å². The standard InChI is InChI=1S/C23H28N6O2/c1-3-31-20-11-17(28-10-9-27-8-4-5-18(27)14-28)6-7-19(20)23(30)26-21-15-29-13-16(2)25-22(29)12-24-21/h6-7,11-13,15,18H,3-5,8-10,14H2,1-2H3,(H,26,30). The summed E-state index contributed by atoms with van der Waals surface area (Å²) < 4.78 is 7.71. The molecule has 8 heteroatoms. The summed E-state index contributed by atoms with van der Waals surface area (Å²) in [5.74, 6) is 0.837. The maximum absolute atomic E-state index is 13.0. The smallest absolute Gasteiger partial charge is 0.260 e. The van der Waals surface area contributed by atoms with Crippen molar-refractivity contribution in [2.75, 3.05) is 43.0 Å². The number of hydrogen-bond donors (Lipinski definition) is 1. The Balaban J connectivity index is 1.36. The zero-order chi connectivity index (χ0) is 21.4. The van der Waals surface area contributed by atoms with Crippen molar-refractivity contribution in [3.8, 4) is 5.75 Å². The molecule has 0 radical (unpaired) electrons. The number of anilines is 2. The average Bonchev–Trinajstić information content (AvgIpc) is 3.38. The summed E-state index contributed by atoms with van der Waals surface area (Å²) >= 11 is 0. The van der Waals surface area contributed by atoms with E-state index in [4.69, 9.17) is 4.74 Å². The molecule has 2 fully saturated rings. The van der Waals surface area contributed by atoms with Crippen molar-refractivity contribution in [3.63, 3.8) is 0 Å². The minimum absolute atomic E-state index is 0.237. The molecule has 1 N–H and O–H groups in total. The van der Waals surface area contributed by atoms with Gasteiger partial charge in [0.15, 0.2) is 5.65 Å². The fourth-order valence-electron chi connectivity index (χ4n) is 4.67. The zero-order valence-corrected chi connectivity index (χ0v) is 18.0. The molecule has 0 spiro atoms. The molecule has 2 aliphatic heterocycles. The first-order valence-corrected chi connectivity index (χ1v) is 11.0. The normalized spacial score (nSPS) is 18.9. The van der Waals surface area contributed by atoms with E-state index in [0.29, 0.717) is 29.8 Å². The summed E-state index contributed by atoms with van der Waals surface area (Å²) in [6.45, 7) is 8.71. The van der Waals surface area contributed by atoms with Crippen LogP contribution in [-0.4, -0.2) is 64.0 Å². The maximum atomic E-state index is 13.0. The number of amides is 1. The van der Waals surface area contributed by atoms with Gasteiger partial charge in [-0.1, -0.05) is 0 Å². The summed E-state index contributed by atoms with van der Waals surface area (Å²) in [5, 5.41) is 2.89. The van der Waals surface area contributed by atoms with Gasteiger partial charge in [-0.2, -0.15) is 0 Å². The number of fused-ring (bicyclic) bond motifs is 2. The average molecular weight is 421 g/mol. The molecule has 5 rings (SSSR count). The highest BCUT2D eigenvalue weighted by atomic mass is 16.5. The highest BCUT2D eigenvalue weighted by Crippen LogP contribution is 2.30. The Morgan fingerprint density at radius 1 is 1.26 bits per heavy atom. The Labute approximate surface area is 181 Å². The third-order valence-electron chi connectivity index (χ3n) is 6.17. The molecular weight excluding hydrogens is 392 g/mol. The highest BCUT2D eigenvalue weighted by molar-refractivity contribution is 6.06. The highest BCUT2D eigenvalue weighted by Gasteiger charge is 2.31. The van der Waals surface area contributed by atoms with Crippen LogP contribution in [0.25, 0.3) is 5.65 Å². The van der Waals surface area contributed by atoms with Gasteiger partial charge in [0.05, 0.1) is 30.3 Å². The number of benzene rings is 1. The molecule has 162 valence electrons. The van der Waals surface area contributed by atoms with Crippen molar-refractivity contribution in [2.24, 2.45) is 0 Å². The van der Waals surface area contributed by atoms with Crippen molar-refractivity contribution >= 4 is 23.1 Å². The van der Waals surface area contributed by atoms with Crippen LogP contribution in [0.3, 0.4) is 0 Å². The largest absolute Gasteiger partial charge is 0.493 e. The maximum Gasteiger partial charge on any atom is 0.260 e. The lowest BCUT2D eigenvalue weighted by Gasteiger charge is -2.39. The summed E-state index contributed by atoms with van der Waals surface area (Å²) in [7, 11) is 0. The molecule has 3 aromatic rings. The van der Waals surface area contributed by atoms with Gasteiger partial charge in [0.2, 0.25) is 0 Å². The zero-order valence-electron chi connectivity index (χ0n) is 18.0. The molecule has 2 aliphatic rings. The van der Waals surface area contributed by atoms with Crippen LogP contribution in [0.15, 0.2) is 36.8 Å². The number of hydrogen-bond acceptors (Lipinski definition) is 6. The summed E-state index contributed by atoms with van der Waals surface area (Å²) in [6.07, 6.45) is 7.88. The lowest BCUT2D eigenvalue weighted by atomic mass is 10.1. The number of rotatable bonds is 5. The molecule has 1 unspecified atom stereocenters. The van der Waals surface area contributed by atoms with Crippen molar-refractivity contribution in [1.29, 1.82) is 0 Å². The van der Waals surface area contributed by atoms with Gasteiger partial charge in [0, 0.05) is 43.6 Å². The Hall–Kier alpha value is -3.13. The Kier molecular flexibility index (Phi) is 5.23. The molecule has 4 heterocycles. The van der Waals surface area contributed by atoms with Gasteiger partial charge in [-0.05, 0) is 45.4 Å². The fourth-order valence-corrected chi connectivity index (χ4v) is 4.67. The van der Waals surface area contributed by atoms with Gasteiger partial charge in [-0.25, -0.2) is 9.97 Å². The molecule has 2 saturated heterocycles. The second-order valence-electron chi connectivity index (χ2n) is 8.27. The SMILES string of the molecule is CCOc1cc(N2CCN3CCCC3C2)ccc1C(=O)Nc1cn2cc(C)nc2cn1. The fraction of sp³-hybridized carbons (Fsp3) is 0.435. The third-order valence-corrected chi connectivity index (χ3v) is 6.17. The number of nitrogens with zero attached hydrogens (tertiary/aromatic N) is 5. The predicted molar refractivity (Wildman–Crippen MR) is 120 cm³/mol. The molecule has 1 atom stereocenters. The molecule has 8 nitrogen and oxygen atoms in total. The van der Waals surface area contributed by atoms with E-state index in [1.807, 2.05) is 42.6 Å². The second-order valence-corrected chi connectivity index (χ2v) is 8.27. The summed E-state index contributed by atoms with van der Waals surface area (Å²) in [5.41, 5.74) is 3.27. The summed E-state index contributed by atoms with van der Waals surface area (Å²) in [4.78, 5) is 26.7. The number of aromatic nitrogens is 3. The van der Waals surface area contributed by atoms with Crippen LogP contribution < -0.4 is 15.0 Å². The first-order valence-electron chi connectivity index (χ1n) is 11.0. The predicted octanol–water partition coefficient (Wildman–Crippen LogP) is 2.97. The van der Waals surface area contributed by atoms with Crippen molar-refractivity contribution in [1.82, 2.24) is 19.3 Å². The quantitative estimate of drug-likeness (QED) is 0.684. The molecule has 0 saturated carbocycles. The van der Waals surface area contributed by atoms with E-state index in [2.05, 4.69) is 25.1 Å². The van der Waals surface area contributed by atoms with Gasteiger partial charge < -0.3 is 19.4 Å². The van der Waals surface area contributed by atoms with Gasteiger partial charge >= 0.3 is 0 Å². The first-order chi connectivity index (χ1) is 15.1. The Morgan fingerprint density at radius 2 is 2.16 bits per heavy atom. The van der Waals surface area contributed by atoms with E-state index >= 15 is 0 Å². The van der Waals surface area contributed by atoms with E-state index in [9.17, 15) is 4.79 Å². The van der Waals surface area contributed by atoms with Crippen LogP contribution in [-0.2, 0) is 0 Å². The lowest BCUT2D eigenvalue weighted by Crippen LogP contribution is -2.50. The van der Waals surface area contributed by atoms with E-state index in [-0.39, 0.29) is 5.91 Å². The molecule has 1 aromatic carbocycles. The van der Waals surface area contributed by atoms with Crippen LogP contribution in [0.4, 0.5) is 11.5 Å². The van der Waals surface area contributed by atoms with E-state index in [0.717, 1.165) is 36.7 Å². The molecule has 0 bridgehead atoms. The van der Waals surface area contributed by atoms with Gasteiger partial charge in [-0.15, -0.1) is 0 Å². The summed E-state index contributed by atoms with van der Waals surface area (Å²) in [6, 6.07) is 6.52. The second kappa shape index (κ2) is 8.19. The molecule has 1 amide bonds. The van der Waals surface area contributed by atoms with Crippen molar-refractivity contribution in [2.45, 2.75) is 32.7 Å². The number of carbonyl (C=O) groups excluding carboxylic acids is 1. The van der Waals surface area contributed by atoms with Crippen LogP contribution in [0.1, 0.15) is 35.8 Å². The van der Waals surface area contributed by atoms with Crippen molar-refractivity contribution < 1.29 is 9.53 Å². The molecule has 2 aromatic heterocycles. The topological polar surface area (TPSA) is 75.0 Å². The molecule has 31 heavy (non-hydrogen) atoms. The number of ether oxygens (including phenoxy) is 1.